The van der Waals surface area contributed by atoms with E-state index in [1.807, 2.05) is 48.5 Å². The number of urea groups is 1. The Bertz CT molecular complexity index is 781. The number of piperazine rings is 1. The highest BCUT2D eigenvalue weighted by Gasteiger charge is 2.21. The lowest BCUT2D eigenvalue weighted by molar-refractivity contribution is 0.101. The Morgan fingerprint density at radius 2 is 1.69 bits per heavy atom. The summed E-state index contributed by atoms with van der Waals surface area (Å²) in [7, 11) is 1.61. The van der Waals surface area contributed by atoms with Crippen LogP contribution in [0.25, 0.3) is 0 Å². The molecule has 1 heterocycles. The van der Waals surface area contributed by atoms with Crippen LogP contribution in [0.3, 0.4) is 0 Å². The number of carbonyl (C=O) groups excluding carboxylic acids is 2. The molecule has 0 bridgehead atoms. The summed E-state index contributed by atoms with van der Waals surface area (Å²) in [6, 6.07) is 14.8. The van der Waals surface area contributed by atoms with Gasteiger partial charge in [0.15, 0.2) is 5.78 Å². The lowest BCUT2D eigenvalue weighted by Gasteiger charge is -2.36. The van der Waals surface area contributed by atoms with Crippen molar-refractivity contribution in [2.24, 2.45) is 0 Å². The first-order chi connectivity index (χ1) is 12.6. The SMILES string of the molecule is COc1ccc(NC(=O)N2CCN(c3cccc(C(C)=O)c3)CC2)cc1. The van der Waals surface area contributed by atoms with Crippen molar-refractivity contribution in [3.63, 3.8) is 0 Å². The van der Waals surface area contributed by atoms with E-state index in [4.69, 9.17) is 4.74 Å². The predicted octanol–water partition coefficient (Wildman–Crippen LogP) is 3.25. The number of carbonyl (C=O) groups is 2. The third kappa shape index (κ3) is 4.14. The summed E-state index contributed by atoms with van der Waals surface area (Å²) >= 11 is 0. The van der Waals surface area contributed by atoms with E-state index in [1.165, 1.54) is 0 Å². The van der Waals surface area contributed by atoms with Crippen molar-refractivity contribution in [3.05, 3.63) is 54.1 Å². The van der Waals surface area contributed by atoms with Crippen molar-refractivity contribution in [1.29, 1.82) is 0 Å². The Kier molecular flexibility index (Phi) is 5.41. The van der Waals surface area contributed by atoms with Gasteiger partial charge in [-0.3, -0.25) is 4.79 Å². The van der Waals surface area contributed by atoms with Crippen LogP contribution in [0.5, 0.6) is 5.75 Å². The second kappa shape index (κ2) is 7.91. The van der Waals surface area contributed by atoms with Crippen LogP contribution in [0.4, 0.5) is 16.2 Å². The van der Waals surface area contributed by atoms with Crippen molar-refractivity contribution < 1.29 is 14.3 Å². The van der Waals surface area contributed by atoms with Crippen molar-refractivity contribution in [3.8, 4) is 5.75 Å². The normalized spacial score (nSPS) is 14.1. The fourth-order valence-electron chi connectivity index (χ4n) is 2.97. The first-order valence-corrected chi connectivity index (χ1v) is 8.63. The molecule has 1 aliphatic heterocycles. The molecule has 26 heavy (non-hydrogen) atoms. The van der Waals surface area contributed by atoms with Gasteiger partial charge in [-0.05, 0) is 43.3 Å². The minimum absolute atomic E-state index is 0.0596. The van der Waals surface area contributed by atoms with Crippen molar-refractivity contribution >= 4 is 23.2 Å². The average molecular weight is 353 g/mol. The maximum atomic E-state index is 12.4. The molecule has 136 valence electrons. The standard InChI is InChI=1S/C20H23N3O3/c1-15(24)16-4-3-5-18(14-16)22-10-12-23(13-11-22)20(25)21-17-6-8-19(26-2)9-7-17/h3-9,14H,10-13H2,1-2H3,(H,21,25). The number of Topliss-reactive ketones (excluding diaryl/α,β-unsaturated/α-hetero) is 1. The molecule has 0 aliphatic carbocycles. The smallest absolute Gasteiger partial charge is 0.321 e. The molecule has 0 atom stereocenters. The van der Waals surface area contributed by atoms with Gasteiger partial charge in [-0.25, -0.2) is 4.79 Å². The first-order valence-electron chi connectivity index (χ1n) is 8.63. The van der Waals surface area contributed by atoms with Gasteiger partial charge in [0.25, 0.3) is 0 Å². The molecular formula is C20H23N3O3. The molecule has 2 aromatic rings. The number of rotatable bonds is 4. The number of nitrogens with one attached hydrogen (secondary N) is 1. The van der Waals surface area contributed by atoms with Crippen molar-refractivity contribution in [2.75, 3.05) is 43.5 Å². The van der Waals surface area contributed by atoms with E-state index < -0.39 is 0 Å². The highest BCUT2D eigenvalue weighted by molar-refractivity contribution is 5.95. The molecule has 6 heteroatoms. The Labute approximate surface area is 153 Å². The number of ether oxygens (including phenoxy) is 1. The minimum Gasteiger partial charge on any atom is -0.497 e. The number of hydrogen-bond acceptors (Lipinski definition) is 4. The predicted molar refractivity (Wildman–Crippen MR) is 102 cm³/mol. The summed E-state index contributed by atoms with van der Waals surface area (Å²) in [6.45, 7) is 4.30. The molecular weight excluding hydrogens is 330 g/mol. The van der Waals surface area contributed by atoms with Gasteiger partial charge in [-0.15, -0.1) is 0 Å². The maximum absolute atomic E-state index is 12.4. The number of benzene rings is 2. The van der Waals surface area contributed by atoms with Gasteiger partial charge in [0.2, 0.25) is 0 Å². The third-order valence-corrected chi connectivity index (χ3v) is 4.53. The second-order valence-corrected chi connectivity index (χ2v) is 6.24. The molecule has 0 radical (unpaired) electrons. The fraction of sp³-hybridized carbons (Fsp3) is 0.300. The lowest BCUT2D eigenvalue weighted by atomic mass is 10.1. The zero-order valence-corrected chi connectivity index (χ0v) is 15.1. The molecule has 6 nitrogen and oxygen atoms in total. The Balaban J connectivity index is 1.56. The summed E-state index contributed by atoms with van der Waals surface area (Å²) in [5.41, 5.74) is 2.47. The van der Waals surface area contributed by atoms with Gasteiger partial charge in [0.05, 0.1) is 7.11 Å². The van der Waals surface area contributed by atoms with Gasteiger partial charge < -0.3 is 19.9 Å². The van der Waals surface area contributed by atoms with E-state index in [1.54, 1.807) is 18.9 Å². The van der Waals surface area contributed by atoms with E-state index in [9.17, 15) is 9.59 Å². The molecule has 0 unspecified atom stereocenters. The molecule has 0 spiro atoms. The van der Waals surface area contributed by atoms with Crippen LogP contribution in [0.1, 0.15) is 17.3 Å². The Hall–Kier alpha value is -3.02. The quantitative estimate of drug-likeness (QED) is 0.857. The van der Waals surface area contributed by atoms with Crippen LogP contribution in [0.15, 0.2) is 48.5 Å². The zero-order valence-electron chi connectivity index (χ0n) is 15.1. The summed E-state index contributed by atoms with van der Waals surface area (Å²) in [5.74, 6) is 0.814. The van der Waals surface area contributed by atoms with Gasteiger partial charge in [-0.2, -0.15) is 0 Å². The topological polar surface area (TPSA) is 61.9 Å². The number of anilines is 2. The molecule has 1 fully saturated rings. The van der Waals surface area contributed by atoms with E-state index >= 15 is 0 Å². The van der Waals surface area contributed by atoms with E-state index in [2.05, 4.69) is 10.2 Å². The molecule has 0 aromatic heterocycles. The minimum atomic E-state index is -0.104. The highest BCUT2D eigenvalue weighted by atomic mass is 16.5. The average Bonchev–Trinajstić information content (AvgIpc) is 2.68. The van der Waals surface area contributed by atoms with Crippen LogP contribution in [-0.4, -0.2) is 50.0 Å². The van der Waals surface area contributed by atoms with Crippen LogP contribution >= 0.6 is 0 Å². The molecule has 1 saturated heterocycles. The maximum Gasteiger partial charge on any atom is 0.321 e. The van der Waals surface area contributed by atoms with E-state index in [-0.39, 0.29) is 11.8 Å². The summed E-state index contributed by atoms with van der Waals surface area (Å²) < 4.78 is 5.12. The van der Waals surface area contributed by atoms with E-state index in [0.717, 1.165) is 30.2 Å². The first kappa shape index (κ1) is 17.8. The van der Waals surface area contributed by atoms with Gasteiger partial charge in [0.1, 0.15) is 5.75 Å². The lowest BCUT2D eigenvalue weighted by Crippen LogP contribution is -2.50. The highest BCUT2D eigenvalue weighted by Crippen LogP contribution is 2.20. The number of nitrogens with zero attached hydrogens (tertiary/aromatic N) is 2. The number of hydrogen-bond donors (Lipinski definition) is 1. The van der Waals surface area contributed by atoms with Gasteiger partial charge in [-0.1, -0.05) is 12.1 Å². The summed E-state index contributed by atoms with van der Waals surface area (Å²) in [4.78, 5) is 28.0. The molecule has 0 saturated carbocycles. The van der Waals surface area contributed by atoms with Gasteiger partial charge >= 0.3 is 6.03 Å². The summed E-state index contributed by atoms with van der Waals surface area (Å²) in [6.07, 6.45) is 0. The molecule has 1 N–H and O–H groups in total. The molecule has 2 aromatic carbocycles. The van der Waals surface area contributed by atoms with Crippen LogP contribution in [0, 0.1) is 0 Å². The second-order valence-electron chi connectivity index (χ2n) is 6.24. The number of methoxy groups -OCH3 is 1. The summed E-state index contributed by atoms with van der Waals surface area (Å²) in [5, 5.41) is 2.91. The van der Waals surface area contributed by atoms with Crippen molar-refractivity contribution in [1.82, 2.24) is 4.90 Å². The Morgan fingerprint density at radius 3 is 2.31 bits per heavy atom. The number of amides is 2. The third-order valence-electron chi connectivity index (χ3n) is 4.53. The molecule has 1 aliphatic rings. The Morgan fingerprint density at radius 1 is 1.00 bits per heavy atom. The van der Waals surface area contributed by atoms with Crippen LogP contribution in [0.2, 0.25) is 0 Å². The van der Waals surface area contributed by atoms with Crippen molar-refractivity contribution in [2.45, 2.75) is 6.92 Å². The monoisotopic (exact) mass is 353 g/mol. The van der Waals surface area contributed by atoms with Crippen LogP contribution < -0.4 is 15.0 Å². The van der Waals surface area contributed by atoms with Gasteiger partial charge in [0, 0.05) is 43.1 Å². The zero-order chi connectivity index (χ0) is 18.5. The van der Waals surface area contributed by atoms with Crippen LogP contribution in [-0.2, 0) is 0 Å². The number of ketones is 1. The fourth-order valence-corrected chi connectivity index (χ4v) is 2.97. The molecule has 2 amide bonds. The molecule has 3 rings (SSSR count). The van der Waals surface area contributed by atoms with E-state index in [0.29, 0.717) is 18.7 Å². The largest absolute Gasteiger partial charge is 0.497 e.